The number of hydrogen-bond donors (Lipinski definition) is 1. The average molecular weight is 433 g/mol. The van der Waals surface area contributed by atoms with Crippen molar-refractivity contribution in [2.24, 2.45) is 5.92 Å². The molecule has 0 spiro atoms. The van der Waals surface area contributed by atoms with Gasteiger partial charge in [-0.1, -0.05) is 0 Å². The molecule has 1 N–H and O–H groups in total. The van der Waals surface area contributed by atoms with Crippen molar-refractivity contribution in [3.05, 3.63) is 10.8 Å². The Kier molecular flexibility index (Phi) is 5.65. The summed E-state index contributed by atoms with van der Waals surface area (Å²) in [4.78, 5) is 31.5. The molecule has 0 aromatic carbocycles. The first-order valence-electron chi connectivity index (χ1n) is 9.64. The van der Waals surface area contributed by atoms with Crippen LogP contribution in [0.5, 0.6) is 0 Å². The van der Waals surface area contributed by atoms with Crippen molar-refractivity contribution in [1.82, 2.24) is 24.5 Å². The summed E-state index contributed by atoms with van der Waals surface area (Å²) in [6.45, 7) is 2.20. The fourth-order valence-electron chi connectivity index (χ4n) is 4.10. The number of halogens is 3. The van der Waals surface area contributed by atoms with Crippen LogP contribution in [-0.4, -0.2) is 76.0 Å². The number of likely N-dealkylation sites (tertiary alicyclic amines) is 2. The molecule has 0 aliphatic carbocycles. The van der Waals surface area contributed by atoms with E-state index in [0.717, 1.165) is 11.5 Å². The summed E-state index contributed by atoms with van der Waals surface area (Å²) in [5, 5.41) is 3.27. The second-order valence-corrected chi connectivity index (χ2v) is 8.52. The predicted octanol–water partition coefficient (Wildman–Crippen LogP) is 1.52. The van der Waals surface area contributed by atoms with Crippen LogP contribution in [0.2, 0.25) is 0 Å². The molecular weight excluding hydrogens is 411 g/mol. The summed E-state index contributed by atoms with van der Waals surface area (Å²) in [6.07, 6.45) is -1.99. The van der Waals surface area contributed by atoms with Gasteiger partial charge in [0.05, 0.1) is 12.1 Å². The van der Waals surface area contributed by atoms with Crippen molar-refractivity contribution in [1.29, 1.82) is 0 Å². The fourth-order valence-corrected chi connectivity index (χ4v) is 4.88. The molecule has 0 radical (unpaired) electrons. The number of nitrogens with zero attached hydrogens (tertiary/aromatic N) is 4. The summed E-state index contributed by atoms with van der Waals surface area (Å²) < 4.78 is 46.8. The van der Waals surface area contributed by atoms with Gasteiger partial charge in [0.1, 0.15) is 11.6 Å². The number of aromatic nitrogens is 2. The summed E-state index contributed by atoms with van der Waals surface area (Å²) in [6, 6.07) is -0.233. The summed E-state index contributed by atoms with van der Waals surface area (Å²) in [5.41, 5.74) is 0. The maximum absolute atomic E-state index is 12.8. The molecule has 12 heteroatoms. The van der Waals surface area contributed by atoms with E-state index in [0.29, 0.717) is 56.9 Å². The van der Waals surface area contributed by atoms with Crippen molar-refractivity contribution < 1.29 is 27.5 Å². The molecule has 2 atom stereocenters. The van der Waals surface area contributed by atoms with Crippen molar-refractivity contribution in [2.75, 3.05) is 32.8 Å². The number of nitrogens with one attached hydrogen (secondary N) is 1. The van der Waals surface area contributed by atoms with Gasteiger partial charge >= 0.3 is 12.2 Å². The number of ether oxygens (including phenoxy) is 1. The lowest BCUT2D eigenvalue weighted by Gasteiger charge is -2.43. The highest BCUT2D eigenvalue weighted by Gasteiger charge is 2.38. The molecule has 3 aliphatic rings. The third kappa shape index (κ3) is 4.63. The highest BCUT2D eigenvalue weighted by Crippen LogP contribution is 2.30. The Bertz CT molecular complexity index is 766. The van der Waals surface area contributed by atoms with E-state index in [9.17, 15) is 22.8 Å². The molecule has 3 aliphatic heterocycles. The second-order valence-electron chi connectivity index (χ2n) is 7.68. The number of urea groups is 1. The Balaban J connectivity index is 1.26. The molecule has 3 fully saturated rings. The number of morpholine rings is 1. The van der Waals surface area contributed by atoms with Gasteiger partial charge in [-0.25, -0.2) is 9.78 Å². The number of piperidine rings is 2. The summed E-state index contributed by atoms with van der Waals surface area (Å²) in [5.74, 6) is -1.05. The SMILES string of the molecule is O=C1CO[C@H]2CCN(C(=O)N3CCC(Cc4nc(C(F)(F)F)ns4)CC3)C[C@H]2N1. The van der Waals surface area contributed by atoms with Crippen LogP contribution < -0.4 is 5.32 Å². The van der Waals surface area contributed by atoms with Gasteiger partial charge in [-0.05, 0) is 36.7 Å². The van der Waals surface area contributed by atoms with Gasteiger partial charge < -0.3 is 19.9 Å². The minimum Gasteiger partial charge on any atom is -0.366 e. The van der Waals surface area contributed by atoms with Gasteiger partial charge in [-0.2, -0.15) is 17.5 Å². The fraction of sp³-hybridized carbons (Fsp3) is 0.765. The van der Waals surface area contributed by atoms with E-state index in [2.05, 4.69) is 14.7 Å². The van der Waals surface area contributed by atoms with Crippen LogP contribution in [0.3, 0.4) is 0 Å². The monoisotopic (exact) mass is 433 g/mol. The zero-order valence-electron chi connectivity index (χ0n) is 15.7. The van der Waals surface area contributed by atoms with Crippen LogP contribution in [0.4, 0.5) is 18.0 Å². The number of fused-ring (bicyclic) bond motifs is 1. The van der Waals surface area contributed by atoms with E-state index in [-0.39, 0.29) is 36.6 Å². The zero-order valence-corrected chi connectivity index (χ0v) is 16.5. The number of hydrogen-bond acceptors (Lipinski definition) is 6. The average Bonchev–Trinajstić information content (AvgIpc) is 3.16. The lowest BCUT2D eigenvalue weighted by atomic mass is 9.94. The summed E-state index contributed by atoms with van der Waals surface area (Å²) >= 11 is 0.794. The minimum absolute atomic E-state index is 0.0454. The third-order valence-corrected chi connectivity index (χ3v) is 6.40. The van der Waals surface area contributed by atoms with Crippen LogP contribution in [0.25, 0.3) is 0 Å². The van der Waals surface area contributed by atoms with Gasteiger partial charge in [0.25, 0.3) is 0 Å². The first kappa shape index (κ1) is 20.3. The molecular formula is C17H22F3N5O3S. The highest BCUT2D eigenvalue weighted by atomic mass is 32.1. The van der Waals surface area contributed by atoms with Crippen LogP contribution in [0.1, 0.15) is 30.1 Å². The molecule has 8 nitrogen and oxygen atoms in total. The van der Waals surface area contributed by atoms with Crippen molar-refractivity contribution in [3.8, 4) is 0 Å². The molecule has 0 unspecified atom stereocenters. The maximum atomic E-state index is 12.8. The van der Waals surface area contributed by atoms with E-state index in [1.165, 1.54) is 0 Å². The van der Waals surface area contributed by atoms with E-state index in [1.54, 1.807) is 9.80 Å². The molecule has 4 heterocycles. The van der Waals surface area contributed by atoms with E-state index in [4.69, 9.17) is 4.74 Å². The van der Waals surface area contributed by atoms with E-state index in [1.807, 2.05) is 0 Å². The number of alkyl halides is 3. The quantitative estimate of drug-likeness (QED) is 0.764. The second kappa shape index (κ2) is 8.05. The third-order valence-electron chi connectivity index (χ3n) is 5.66. The minimum atomic E-state index is -4.51. The van der Waals surface area contributed by atoms with Gasteiger partial charge in [-0.3, -0.25) is 4.79 Å². The lowest BCUT2D eigenvalue weighted by Crippen LogP contribution is -2.62. The van der Waals surface area contributed by atoms with Gasteiger partial charge in [0, 0.05) is 32.6 Å². The van der Waals surface area contributed by atoms with E-state index >= 15 is 0 Å². The Morgan fingerprint density at radius 1 is 1.21 bits per heavy atom. The van der Waals surface area contributed by atoms with Crippen LogP contribution in [-0.2, 0) is 22.1 Å². The first-order valence-corrected chi connectivity index (χ1v) is 10.4. The Labute approximate surface area is 169 Å². The molecule has 1 aromatic heterocycles. The molecule has 0 bridgehead atoms. The molecule has 0 saturated carbocycles. The van der Waals surface area contributed by atoms with Gasteiger partial charge in [0.15, 0.2) is 0 Å². The predicted molar refractivity (Wildman–Crippen MR) is 96.2 cm³/mol. The molecule has 1 aromatic rings. The normalized spacial score (nSPS) is 26.2. The van der Waals surface area contributed by atoms with Crippen molar-refractivity contribution in [3.63, 3.8) is 0 Å². The van der Waals surface area contributed by atoms with Crippen molar-refractivity contribution in [2.45, 2.75) is 44.0 Å². The Hall–Kier alpha value is -1.95. The Morgan fingerprint density at radius 2 is 1.93 bits per heavy atom. The van der Waals surface area contributed by atoms with E-state index < -0.39 is 12.0 Å². The smallest absolute Gasteiger partial charge is 0.366 e. The largest absolute Gasteiger partial charge is 0.452 e. The van der Waals surface area contributed by atoms with Crippen LogP contribution >= 0.6 is 11.5 Å². The molecule has 160 valence electrons. The number of carbonyl (C=O) groups is 2. The number of rotatable bonds is 2. The molecule has 4 rings (SSSR count). The maximum Gasteiger partial charge on any atom is 0.452 e. The number of amides is 3. The standard InChI is InChI=1S/C17H22F3N5O3S/c18-17(19,20)15-22-14(29-23-15)7-10-1-4-24(5-2-10)16(27)25-6-3-12-11(8-25)21-13(26)9-28-12/h10-12H,1-9H2,(H,21,26)/t11-,12+/m1/s1. The highest BCUT2D eigenvalue weighted by molar-refractivity contribution is 7.05. The zero-order chi connectivity index (χ0) is 20.6. The lowest BCUT2D eigenvalue weighted by molar-refractivity contribution is -0.144. The molecule has 29 heavy (non-hydrogen) atoms. The van der Waals surface area contributed by atoms with Crippen LogP contribution in [0, 0.1) is 5.92 Å². The topological polar surface area (TPSA) is 87.7 Å². The van der Waals surface area contributed by atoms with Crippen LogP contribution in [0.15, 0.2) is 0 Å². The molecule has 3 amide bonds. The molecule has 3 saturated heterocycles. The van der Waals surface area contributed by atoms with Gasteiger partial charge in [0.2, 0.25) is 11.7 Å². The first-order chi connectivity index (χ1) is 13.8. The van der Waals surface area contributed by atoms with Crippen molar-refractivity contribution >= 4 is 23.5 Å². The number of carbonyl (C=O) groups excluding carboxylic acids is 2. The van der Waals surface area contributed by atoms with Gasteiger partial charge in [-0.15, -0.1) is 0 Å². The summed E-state index contributed by atoms with van der Waals surface area (Å²) in [7, 11) is 0. The Morgan fingerprint density at radius 3 is 2.62 bits per heavy atom.